The summed E-state index contributed by atoms with van der Waals surface area (Å²) < 4.78 is 19.5. The van der Waals surface area contributed by atoms with Gasteiger partial charge in [0.25, 0.3) is 0 Å². The molecule has 4 N–H and O–H groups in total. The lowest BCUT2D eigenvalue weighted by Crippen LogP contribution is -2.34. The number of rotatable bonds is 6. The first kappa shape index (κ1) is 22.9. The molecule has 3 atom stereocenters. The van der Waals surface area contributed by atoms with Crippen LogP contribution in [0, 0.1) is 11.7 Å². The Kier molecular flexibility index (Phi) is 10.2. The Bertz CT molecular complexity index is 526. The molecule has 1 heterocycles. The Hall–Kier alpha value is -1.08. The largest absolute Gasteiger partial charge is 0.380 e. The van der Waals surface area contributed by atoms with E-state index in [1.165, 1.54) is 6.07 Å². The Labute approximate surface area is 154 Å². The monoisotopic (exact) mass is 381 g/mol. The van der Waals surface area contributed by atoms with Gasteiger partial charge in [-0.05, 0) is 38.0 Å². The van der Waals surface area contributed by atoms with Gasteiger partial charge < -0.3 is 21.1 Å². The van der Waals surface area contributed by atoms with E-state index >= 15 is 0 Å². The molecule has 0 spiro atoms. The first-order chi connectivity index (χ1) is 10.5. The summed E-state index contributed by atoms with van der Waals surface area (Å²) in [7, 11) is 0. The number of nitrogens with one attached hydrogen (secondary N) is 2. The highest BCUT2D eigenvalue weighted by atomic mass is 35.5. The van der Waals surface area contributed by atoms with E-state index in [2.05, 4.69) is 10.6 Å². The van der Waals surface area contributed by atoms with E-state index in [1.807, 2.05) is 0 Å². The van der Waals surface area contributed by atoms with E-state index in [1.54, 1.807) is 26.0 Å². The van der Waals surface area contributed by atoms with Gasteiger partial charge in [-0.15, -0.1) is 24.8 Å². The molecule has 3 unspecified atom stereocenters. The molecule has 1 aliphatic rings. The lowest BCUT2D eigenvalue weighted by Gasteiger charge is -2.16. The summed E-state index contributed by atoms with van der Waals surface area (Å²) in [5.74, 6) is -0.945. The molecule has 0 radical (unpaired) electrons. The van der Waals surface area contributed by atoms with E-state index in [-0.39, 0.29) is 48.8 Å². The van der Waals surface area contributed by atoms with E-state index in [9.17, 15) is 9.18 Å². The van der Waals surface area contributed by atoms with Crippen LogP contribution >= 0.6 is 24.8 Å². The summed E-state index contributed by atoms with van der Waals surface area (Å²) in [6.07, 6.45) is 2.20. The second-order valence-electron chi connectivity index (χ2n) is 5.85. The Morgan fingerprint density at radius 2 is 2.12 bits per heavy atom. The van der Waals surface area contributed by atoms with Crippen LogP contribution < -0.4 is 16.4 Å². The quantitative estimate of drug-likeness (QED) is 0.706. The summed E-state index contributed by atoms with van der Waals surface area (Å²) in [4.78, 5) is 11.9. The third-order valence-electron chi connectivity index (χ3n) is 3.98. The molecule has 1 saturated heterocycles. The second-order valence-corrected chi connectivity index (χ2v) is 5.85. The van der Waals surface area contributed by atoms with Crippen LogP contribution in [0.15, 0.2) is 18.2 Å². The fourth-order valence-corrected chi connectivity index (χ4v) is 2.26. The average molecular weight is 382 g/mol. The van der Waals surface area contributed by atoms with Crippen LogP contribution in [0.25, 0.3) is 0 Å². The summed E-state index contributed by atoms with van der Waals surface area (Å²) in [5.41, 5.74) is 6.53. The molecule has 1 aromatic rings. The van der Waals surface area contributed by atoms with E-state index in [0.29, 0.717) is 17.9 Å². The van der Waals surface area contributed by atoms with Gasteiger partial charge in [-0.3, -0.25) is 4.79 Å². The normalized spacial score (nSPS) is 18.8. The topological polar surface area (TPSA) is 76.4 Å². The lowest BCUT2D eigenvalue weighted by atomic mass is 10.0. The molecule has 0 aromatic heterocycles. The fourth-order valence-electron chi connectivity index (χ4n) is 2.26. The molecule has 1 fully saturated rings. The molecule has 8 heteroatoms. The van der Waals surface area contributed by atoms with Crippen molar-refractivity contribution in [1.29, 1.82) is 0 Å². The van der Waals surface area contributed by atoms with Crippen molar-refractivity contribution in [2.45, 2.75) is 38.8 Å². The Morgan fingerprint density at radius 1 is 1.42 bits per heavy atom. The standard InChI is InChI=1S/C16H24FN3O2.2ClH/c1-10(11(2)18)16(21)20-12-5-6-15(14(17)8-12)19-9-13-4-3-7-22-13;;/h5-6,8,10-11,13,19H,3-4,7,9,18H2,1-2H3,(H,20,21);2*1H. The van der Waals surface area contributed by atoms with Crippen molar-refractivity contribution in [3.63, 3.8) is 0 Å². The predicted molar refractivity (Wildman–Crippen MR) is 99.8 cm³/mol. The van der Waals surface area contributed by atoms with Gasteiger partial charge in [0.05, 0.1) is 17.7 Å². The van der Waals surface area contributed by atoms with Crippen LogP contribution in [0.5, 0.6) is 0 Å². The summed E-state index contributed by atoms with van der Waals surface area (Å²) in [5, 5.41) is 5.72. The van der Waals surface area contributed by atoms with Crippen molar-refractivity contribution in [3.8, 4) is 0 Å². The predicted octanol–water partition coefficient (Wildman–Crippen LogP) is 3.18. The maximum absolute atomic E-state index is 14.1. The zero-order valence-electron chi connectivity index (χ0n) is 13.9. The second kappa shape index (κ2) is 10.7. The Balaban J connectivity index is 0.00000264. The van der Waals surface area contributed by atoms with Crippen LogP contribution in [0.4, 0.5) is 15.8 Å². The van der Waals surface area contributed by atoms with Crippen molar-refractivity contribution in [1.82, 2.24) is 0 Å². The smallest absolute Gasteiger partial charge is 0.228 e. The number of hydrogen-bond donors (Lipinski definition) is 3. The molecular weight excluding hydrogens is 356 g/mol. The van der Waals surface area contributed by atoms with Gasteiger partial charge in [-0.2, -0.15) is 0 Å². The fraction of sp³-hybridized carbons (Fsp3) is 0.562. The van der Waals surface area contributed by atoms with Gasteiger partial charge in [0, 0.05) is 24.9 Å². The highest BCUT2D eigenvalue weighted by Gasteiger charge is 2.18. The van der Waals surface area contributed by atoms with Gasteiger partial charge in [0.2, 0.25) is 5.91 Å². The van der Waals surface area contributed by atoms with Gasteiger partial charge >= 0.3 is 0 Å². The zero-order chi connectivity index (χ0) is 16.1. The van der Waals surface area contributed by atoms with Crippen LogP contribution in [0.1, 0.15) is 26.7 Å². The molecule has 24 heavy (non-hydrogen) atoms. The molecule has 1 amide bonds. The van der Waals surface area contributed by atoms with Crippen LogP contribution in [0.3, 0.4) is 0 Å². The van der Waals surface area contributed by atoms with Crippen LogP contribution in [0.2, 0.25) is 0 Å². The van der Waals surface area contributed by atoms with Crippen molar-refractivity contribution < 1.29 is 13.9 Å². The molecule has 2 rings (SSSR count). The van der Waals surface area contributed by atoms with Crippen molar-refractivity contribution in [3.05, 3.63) is 24.0 Å². The number of halogens is 3. The number of ether oxygens (including phenoxy) is 1. The molecule has 1 aromatic carbocycles. The first-order valence-corrected chi connectivity index (χ1v) is 7.69. The number of amides is 1. The highest BCUT2D eigenvalue weighted by molar-refractivity contribution is 5.92. The molecule has 0 aliphatic carbocycles. The third-order valence-corrected chi connectivity index (χ3v) is 3.98. The molecule has 0 saturated carbocycles. The number of benzene rings is 1. The molecule has 0 bridgehead atoms. The maximum Gasteiger partial charge on any atom is 0.228 e. The summed E-state index contributed by atoms with van der Waals surface area (Å²) >= 11 is 0. The first-order valence-electron chi connectivity index (χ1n) is 7.69. The molecule has 138 valence electrons. The van der Waals surface area contributed by atoms with Gasteiger partial charge in [-0.25, -0.2) is 4.39 Å². The molecule has 1 aliphatic heterocycles. The maximum atomic E-state index is 14.1. The summed E-state index contributed by atoms with van der Waals surface area (Å²) in [6.45, 7) is 4.87. The van der Waals surface area contributed by atoms with Crippen LogP contribution in [-0.4, -0.2) is 31.2 Å². The van der Waals surface area contributed by atoms with Gasteiger partial charge in [0.1, 0.15) is 5.82 Å². The zero-order valence-corrected chi connectivity index (χ0v) is 15.5. The van der Waals surface area contributed by atoms with Crippen molar-refractivity contribution in [2.75, 3.05) is 23.8 Å². The third kappa shape index (κ3) is 6.43. The van der Waals surface area contributed by atoms with Gasteiger partial charge in [0.15, 0.2) is 0 Å². The minimum Gasteiger partial charge on any atom is -0.380 e. The lowest BCUT2D eigenvalue weighted by molar-refractivity contribution is -0.119. The van der Waals surface area contributed by atoms with Crippen molar-refractivity contribution in [2.24, 2.45) is 11.7 Å². The summed E-state index contributed by atoms with van der Waals surface area (Å²) in [6, 6.07) is 4.35. The molecule has 5 nitrogen and oxygen atoms in total. The number of carbonyl (C=O) groups is 1. The van der Waals surface area contributed by atoms with E-state index < -0.39 is 5.82 Å². The molecular formula is C16H26Cl2FN3O2. The van der Waals surface area contributed by atoms with Crippen LogP contribution in [-0.2, 0) is 9.53 Å². The number of nitrogens with two attached hydrogens (primary N) is 1. The number of anilines is 2. The number of hydrogen-bond acceptors (Lipinski definition) is 4. The highest BCUT2D eigenvalue weighted by Crippen LogP contribution is 2.21. The van der Waals surface area contributed by atoms with Crippen molar-refractivity contribution >= 4 is 42.1 Å². The SMILES string of the molecule is CC(N)C(C)C(=O)Nc1ccc(NCC2CCCO2)c(F)c1.Cl.Cl. The minimum absolute atomic E-state index is 0. The number of carbonyl (C=O) groups excluding carboxylic acids is 1. The Morgan fingerprint density at radius 3 is 2.67 bits per heavy atom. The van der Waals surface area contributed by atoms with E-state index in [0.717, 1.165) is 19.4 Å². The van der Waals surface area contributed by atoms with Gasteiger partial charge in [-0.1, -0.05) is 6.92 Å². The minimum atomic E-state index is -0.399. The van der Waals surface area contributed by atoms with E-state index in [4.69, 9.17) is 10.5 Å². The average Bonchev–Trinajstić information content (AvgIpc) is 2.98.